The summed E-state index contributed by atoms with van der Waals surface area (Å²) in [6.45, 7) is 2.13. The maximum atomic E-state index is 11.8. The van der Waals surface area contributed by atoms with Crippen molar-refractivity contribution in [3.8, 4) is 11.5 Å². The first kappa shape index (κ1) is 17.8. The van der Waals surface area contributed by atoms with Gasteiger partial charge in [-0.25, -0.2) is 4.79 Å². The Balaban J connectivity index is 2.33. The number of hydrogen-bond acceptors (Lipinski definition) is 5. The van der Waals surface area contributed by atoms with Crippen molar-refractivity contribution in [3.63, 3.8) is 0 Å². The van der Waals surface area contributed by atoms with Gasteiger partial charge >= 0.3 is 5.97 Å². The molecule has 0 fully saturated rings. The molecule has 1 amide bonds. The summed E-state index contributed by atoms with van der Waals surface area (Å²) in [5, 5.41) is 9.59. The number of rotatable bonds is 8. The quantitative estimate of drug-likeness (QED) is 0.569. The van der Waals surface area contributed by atoms with Crippen LogP contribution in [0, 0.1) is 0 Å². The van der Waals surface area contributed by atoms with E-state index in [0.29, 0.717) is 0 Å². The molecule has 22 heavy (non-hydrogen) atoms. The van der Waals surface area contributed by atoms with Gasteiger partial charge < -0.3 is 14.7 Å². The zero-order chi connectivity index (χ0) is 16.4. The highest BCUT2D eigenvalue weighted by molar-refractivity contribution is 5.94. The van der Waals surface area contributed by atoms with E-state index in [-0.39, 0.29) is 23.5 Å². The van der Waals surface area contributed by atoms with Crippen LogP contribution in [-0.2, 0) is 9.63 Å². The number of carbonyl (C=O) groups is 2. The number of ether oxygens (including phenoxy) is 1. The first-order valence-corrected chi connectivity index (χ1v) is 7.45. The standard InChI is InChI=1S/C16H23NO5/c1-3-4-5-6-7-8-15(19)22-17-16(20)12-9-10-14(21-2)13(18)11-12/h9-11,18H,3-8H2,1-2H3,(H,17,20). The smallest absolute Gasteiger partial charge is 0.332 e. The molecular weight excluding hydrogens is 286 g/mol. The van der Waals surface area contributed by atoms with Crippen LogP contribution in [0.25, 0.3) is 0 Å². The molecule has 0 heterocycles. The molecule has 0 radical (unpaired) electrons. The lowest BCUT2D eigenvalue weighted by Gasteiger charge is -2.07. The number of carbonyl (C=O) groups excluding carboxylic acids is 2. The van der Waals surface area contributed by atoms with Crippen molar-refractivity contribution in [1.82, 2.24) is 5.48 Å². The largest absolute Gasteiger partial charge is 0.504 e. The number of methoxy groups -OCH3 is 1. The molecule has 122 valence electrons. The summed E-state index contributed by atoms with van der Waals surface area (Å²) in [4.78, 5) is 28.0. The van der Waals surface area contributed by atoms with Gasteiger partial charge in [-0.2, -0.15) is 5.48 Å². The molecule has 6 nitrogen and oxygen atoms in total. The molecule has 0 aliphatic rings. The van der Waals surface area contributed by atoms with Crippen LogP contribution in [0.2, 0.25) is 0 Å². The zero-order valence-corrected chi connectivity index (χ0v) is 13.1. The van der Waals surface area contributed by atoms with Crippen molar-refractivity contribution in [2.75, 3.05) is 7.11 Å². The number of phenols is 1. The second-order valence-electron chi connectivity index (χ2n) is 4.96. The summed E-state index contributed by atoms with van der Waals surface area (Å²) in [5.41, 5.74) is 2.25. The summed E-state index contributed by atoms with van der Waals surface area (Å²) in [6.07, 6.45) is 5.41. The molecule has 1 aromatic rings. The van der Waals surface area contributed by atoms with E-state index >= 15 is 0 Å². The Morgan fingerprint density at radius 2 is 1.91 bits per heavy atom. The van der Waals surface area contributed by atoms with E-state index in [1.807, 2.05) is 0 Å². The Hall–Kier alpha value is -2.24. The van der Waals surface area contributed by atoms with Gasteiger partial charge in [0, 0.05) is 12.0 Å². The van der Waals surface area contributed by atoms with Crippen LogP contribution in [0.1, 0.15) is 55.8 Å². The van der Waals surface area contributed by atoms with Crippen molar-refractivity contribution in [1.29, 1.82) is 0 Å². The van der Waals surface area contributed by atoms with Crippen molar-refractivity contribution in [3.05, 3.63) is 23.8 Å². The van der Waals surface area contributed by atoms with E-state index in [9.17, 15) is 14.7 Å². The summed E-state index contributed by atoms with van der Waals surface area (Å²) < 4.78 is 4.88. The molecule has 0 spiro atoms. The predicted molar refractivity (Wildman–Crippen MR) is 81.6 cm³/mol. The number of benzene rings is 1. The minimum atomic E-state index is -0.600. The van der Waals surface area contributed by atoms with Crippen LogP contribution < -0.4 is 10.2 Å². The second-order valence-corrected chi connectivity index (χ2v) is 4.96. The fourth-order valence-corrected chi connectivity index (χ4v) is 1.92. The number of hydrogen-bond donors (Lipinski definition) is 2. The molecule has 6 heteroatoms. The summed E-state index contributed by atoms with van der Waals surface area (Å²) in [5.74, 6) is -0.960. The first-order valence-electron chi connectivity index (χ1n) is 7.45. The van der Waals surface area contributed by atoms with Crippen molar-refractivity contribution in [2.45, 2.75) is 45.4 Å². The van der Waals surface area contributed by atoms with Gasteiger partial charge in [-0.05, 0) is 24.6 Å². The van der Waals surface area contributed by atoms with Gasteiger partial charge in [0.05, 0.1) is 7.11 Å². The number of hydroxylamine groups is 1. The minimum absolute atomic E-state index is 0.155. The Kier molecular flexibility index (Phi) is 7.81. The first-order chi connectivity index (χ1) is 10.6. The lowest BCUT2D eigenvalue weighted by molar-refractivity contribution is -0.149. The Labute approximate surface area is 130 Å². The van der Waals surface area contributed by atoms with Crippen LogP contribution in [0.3, 0.4) is 0 Å². The van der Waals surface area contributed by atoms with Gasteiger partial charge in [0.2, 0.25) is 0 Å². The fourth-order valence-electron chi connectivity index (χ4n) is 1.92. The highest BCUT2D eigenvalue weighted by Crippen LogP contribution is 2.26. The molecule has 0 bridgehead atoms. The third kappa shape index (κ3) is 6.03. The van der Waals surface area contributed by atoms with Crippen LogP contribution >= 0.6 is 0 Å². The van der Waals surface area contributed by atoms with Crippen LogP contribution in [0.15, 0.2) is 18.2 Å². The SMILES string of the molecule is CCCCCCCC(=O)ONC(=O)c1ccc(OC)c(O)c1. The fraction of sp³-hybridized carbons (Fsp3) is 0.500. The molecule has 0 aliphatic heterocycles. The number of unbranched alkanes of at least 4 members (excludes halogenated alkanes) is 4. The molecule has 1 rings (SSSR count). The molecule has 0 saturated heterocycles. The molecule has 0 unspecified atom stereocenters. The highest BCUT2D eigenvalue weighted by atomic mass is 16.7. The molecular formula is C16H23NO5. The Bertz CT molecular complexity index is 501. The van der Waals surface area contributed by atoms with Gasteiger partial charge in [-0.1, -0.05) is 32.6 Å². The second kappa shape index (κ2) is 9.65. The van der Waals surface area contributed by atoms with E-state index in [2.05, 4.69) is 12.4 Å². The van der Waals surface area contributed by atoms with E-state index in [0.717, 1.165) is 32.1 Å². The van der Waals surface area contributed by atoms with Gasteiger partial charge in [0.25, 0.3) is 5.91 Å². The minimum Gasteiger partial charge on any atom is -0.504 e. The van der Waals surface area contributed by atoms with Gasteiger partial charge in [0.15, 0.2) is 11.5 Å². The number of phenolic OH excluding ortho intramolecular Hbond substituents is 1. The summed E-state index contributed by atoms with van der Waals surface area (Å²) >= 11 is 0. The third-order valence-corrected chi connectivity index (χ3v) is 3.18. The Morgan fingerprint density at radius 1 is 1.18 bits per heavy atom. The number of nitrogens with one attached hydrogen (secondary N) is 1. The predicted octanol–water partition coefficient (Wildman–Crippen LogP) is 2.95. The molecule has 0 aromatic heterocycles. The number of aromatic hydroxyl groups is 1. The average molecular weight is 309 g/mol. The van der Waals surface area contributed by atoms with E-state index in [4.69, 9.17) is 9.57 Å². The molecule has 2 N–H and O–H groups in total. The van der Waals surface area contributed by atoms with Crippen molar-refractivity contribution >= 4 is 11.9 Å². The van der Waals surface area contributed by atoms with Crippen molar-refractivity contribution < 1.29 is 24.3 Å². The van der Waals surface area contributed by atoms with E-state index in [1.54, 1.807) is 0 Å². The lowest BCUT2D eigenvalue weighted by atomic mass is 10.1. The van der Waals surface area contributed by atoms with E-state index < -0.39 is 11.9 Å². The highest BCUT2D eigenvalue weighted by Gasteiger charge is 2.11. The summed E-state index contributed by atoms with van der Waals surface area (Å²) in [7, 11) is 1.41. The topological polar surface area (TPSA) is 84.9 Å². The monoisotopic (exact) mass is 309 g/mol. The zero-order valence-electron chi connectivity index (χ0n) is 13.1. The van der Waals surface area contributed by atoms with Crippen LogP contribution in [0.5, 0.6) is 11.5 Å². The lowest BCUT2D eigenvalue weighted by Crippen LogP contribution is -2.26. The maximum Gasteiger partial charge on any atom is 0.332 e. The normalized spacial score (nSPS) is 10.1. The van der Waals surface area contributed by atoms with Gasteiger partial charge in [-0.3, -0.25) is 4.79 Å². The Morgan fingerprint density at radius 3 is 2.55 bits per heavy atom. The van der Waals surface area contributed by atoms with Crippen molar-refractivity contribution in [2.24, 2.45) is 0 Å². The average Bonchev–Trinajstić information content (AvgIpc) is 2.52. The molecule has 0 saturated carbocycles. The van der Waals surface area contributed by atoms with Gasteiger partial charge in [-0.15, -0.1) is 0 Å². The third-order valence-electron chi connectivity index (χ3n) is 3.18. The number of amides is 1. The van der Waals surface area contributed by atoms with E-state index in [1.165, 1.54) is 25.3 Å². The molecule has 0 atom stereocenters. The molecule has 0 aliphatic carbocycles. The maximum absolute atomic E-state index is 11.8. The summed E-state index contributed by atoms with van der Waals surface area (Å²) in [6, 6.07) is 4.17. The molecule has 1 aromatic carbocycles. The van der Waals surface area contributed by atoms with Crippen LogP contribution in [-0.4, -0.2) is 24.1 Å². The van der Waals surface area contributed by atoms with Crippen LogP contribution in [0.4, 0.5) is 0 Å². The van der Waals surface area contributed by atoms with Gasteiger partial charge in [0.1, 0.15) is 0 Å².